The summed E-state index contributed by atoms with van der Waals surface area (Å²) in [5, 5.41) is 5.62. The summed E-state index contributed by atoms with van der Waals surface area (Å²) < 4.78 is 5.71. The maximum absolute atomic E-state index is 11.7. The van der Waals surface area contributed by atoms with Gasteiger partial charge in [-0.05, 0) is 44.8 Å². The van der Waals surface area contributed by atoms with E-state index in [1.807, 2.05) is 43.3 Å². The van der Waals surface area contributed by atoms with Crippen LogP contribution in [0, 0.1) is 0 Å². The van der Waals surface area contributed by atoms with Crippen LogP contribution in [0.2, 0.25) is 0 Å². The van der Waals surface area contributed by atoms with E-state index in [4.69, 9.17) is 4.42 Å². The molecule has 0 aliphatic carbocycles. The molecule has 0 fully saturated rings. The molecule has 1 aromatic carbocycles. The molecular weight excluding hydrogens is 292 g/mol. The van der Waals surface area contributed by atoms with Crippen molar-refractivity contribution in [3.05, 3.63) is 36.4 Å². The highest BCUT2D eigenvalue weighted by molar-refractivity contribution is 5.89. The number of unbranched alkanes of at least 4 members (excludes halogenated alkanes) is 1. The number of aromatic nitrogens is 1. The second-order valence-electron chi connectivity index (χ2n) is 5.67. The van der Waals surface area contributed by atoms with Crippen LogP contribution in [0.5, 0.6) is 0 Å². The second-order valence-corrected chi connectivity index (χ2v) is 5.67. The summed E-state index contributed by atoms with van der Waals surface area (Å²) in [6.45, 7) is 3.44. The number of carbonyl (C=O) groups is 1. The van der Waals surface area contributed by atoms with E-state index >= 15 is 0 Å². The summed E-state index contributed by atoms with van der Waals surface area (Å²) in [7, 11) is 3.94. The number of nitrogens with one attached hydrogen (secondary N) is 2. The molecule has 2 N–H and O–H groups in total. The number of anilines is 1. The Morgan fingerprint density at radius 1 is 1.26 bits per heavy atom. The monoisotopic (exact) mass is 316 g/mol. The van der Waals surface area contributed by atoms with Gasteiger partial charge in [-0.3, -0.25) is 0 Å². The number of rotatable bonds is 7. The van der Waals surface area contributed by atoms with Crippen LogP contribution in [-0.4, -0.2) is 36.6 Å². The average Bonchev–Trinajstić information content (AvgIpc) is 2.96. The topological polar surface area (TPSA) is 70.4 Å². The molecule has 2 aromatic rings. The highest BCUT2D eigenvalue weighted by Crippen LogP contribution is 2.22. The second kappa shape index (κ2) is 8.33. The largest absolute Gasteiger partial charge is 0.439 e. The number of nitrogens with zero attached hydrogens (tertiary/aromatic N) is 2. The highest BCUT2D eigenvalue weighted by atomic mass is 16.4. The lowest BCUT2D eigenvalue weighted by molar-refractivity contribution is 0.252. The van der Waals surface area contributed by atoms with Crippen molar-refractivity contribution in [2.24, 2.45) is 0 Å². The number of oxazole rings is 1. The number of urea groups is 1. The van der Waals surface area contributed by atoms with Crippen molar-refractivity contribution < 1.29 is 9.21 Å². The summed E-state index contributed by atoms with van der Waals surface area (Å²) in [5.41, 5.74) is 1.68. The Hall–Kier alpha value is -2.34. The predicted octanol–water partition coefficient (Wildman–Crippen LogP) is 3.32. The van der Waals surface area contributed by atoms with Gasteiger partial charge in [-0.25, -0.2) is 9.78 Å². The fourth-order valence-electron chi connectivity index (χ4n) is 2.06. The van der Waals surface area contributed by atoms with Crippen molar-refractivity contribution in [1.82, 2.24) is 15.2 Å². The van der Waals surface area contributed by atoms with Crippen LogP contribution < -0.4 is 10.6 Å². The molecule has 0 saturated carbocycles. The molecule has 2 rings (SSSR count). The van der Waals surface area contributed by atoms with Crippen molar-refractivity contribution in [1.29, 1.82) is 0 Å². The van der Waals surface area contributed by atoms with Gasteiger partial charge in [-0.15, -0.1) is 0 Å². The molecule has 0 radical (unpaired) electrons. The van der Waals surface area contributed by atoms with Crippen LogP contribution in [-0.2, 0) is 6.54 Å². The fourth-order valence-corrected chi connectivity index (χ4v) is 2.06. The summed E-state index contributed by atoms with van der Waals surface area (Å²) in [6.07, 6.45) is 3.76. The van der Waals surface area contributed by atoms with Crippen molar-refractivity contribution in [3.8, 4) is 11.3 Å². The van der Waals surface area contributed by atoms with Gasteiger partial charge in [0.25, 0.3) is 0 Å². The maximum atomic E-state index is 11.7. The van der Waals surface area contributed by atoms with E-state index in [0.717, 1.165) is 29.9 Å². The molecule has 1 heterocycles. The van der Waals surface area contributed by atoms with Gasteiger partial charge in [-0.1, -0.05) is 13.3 Å². The van der Waals surface area contributed by atoms with E-state index in [1.54, 1.807) is 6.20 Å². The lowest BCUT2D eigenvalue weighted by atomic mass is 10.2. The SMILES string of the molecule is CCCCNC(=O)Nc1ccc(-c2cnc(CN(C)C)o2)cc1. The zero-order chi connectivity index (χ0) is 16.7. The average molecular weight is 316 g/mol. The number of hydrogen-bond donors (Lipinski definition) is 2. The van der Waals surface area contributed by atoms with Crippen LogP contribution in [0.25, 0.3) is 11.3 Å². The van der Waals surface area contributed by atoms with Crippen LogP contribution in [0.1, 0.15) is 25.7 Å². The molecule has 0 bridgehead atoms. The lowest BCUT2D eigenvalue weighted by Crippen LogP contribution is -2.29. The van der Waals surface area contributed by atoms with Gasteiger partial charge in [0.1, 0.15) is 0 Å². The smallest absolute Gasteiger partial charge is 0.319 e. The van der Waals surface area contributed by atoms with Gasteiger partial charge >= 0.3 is 6.03 Å². The minimum absolute atomic E-state index is 0.181. The molecule has 1 aromatic heterocycles. The molecule has 2 amide bonds. The Labute approximate surface area is 136 Å². The number of amides is 2. The maximum Gasteiger partial charge on any atom is 0.319 e. The minimum atomic E-state index is -0.181. The molecule has 0 saturated heterocycles. The molecule has 6 nitrogen and oxygen atoms in total. The predicted molar refractivity (Wildman–Crippen MR) is 91.3 cm³/mol. The molecule has 0 atom stereocenters. The van der Waals surface area contributed by atoms with Gasteiger partial charge in [0.05, 0.1) is 12.7 Å². The first kappa shape index (κ1) is 17.0. The summed E-state index contributed by atoms with van der Waals surface area (Å²) in [4.78, 5) is 17.9. The summed E-state index contributed by atoms with van der Waals surface area (Å²) in [5.74, 6) is 1.41. The standard InChI is InChI=1S/C17H24N4O2/c1-4-5-10-18-17(22)20-14-8-6-13(7-9-14)15-11-19-16(23-15)12-21(2)3/h6-9,11H,4-5,10,12H2,1-3H3,(H2,18,20,22). The third-order valence-electron chi connectivity index (χ3n) is 3.25. The normalized spacial score (nSPS) is 10.8. The minimum Gasteiger partial charge on any atom is -0.439 e. The Bertz CT molecular complexity index is 620. The molecule has 0 aliphatic rings. The van der Waals surface area contributed by atoms with Crippen molar-refractivity contribution >= 4 is 11.7 Å². The molecule has 0 unspecified atom stereocenters. The van der Waals surface area contributed by atoms with Crippen molar-refractivity contribution in [2.75, 3.05) is 26.0 Å². The van der Waals surface area contributed by atoms with Gasteiger partial charge in [0, 0.05) is 17.8 Å². The first-order valence-corrected chi connectivity index (χ1v) is 7.83. The van der Waals surface area contributed by atoms with Crippen LogP contribution >= 0.6 is 0 Å². The molecule has 0 aliphatic heterocycles. The Morgan fingerprint density at radius 2 is 2.00 bits per heavy atom. The third-order valence-corrected chi connectivity index (χ3v) is 3.25. The first-order chi connectivity index (χ1) is 11.1. The van der Waals surface area contributed by atoms with Crippen molar-refractivity contribution in [3.63, 3.8) is 0 Å². The fraction of sp³-hybridized carbons (Fsp3) is 0.412. The molecular formula is C17H24N4O2. The molecule has 23 heavy (non-hydrogen) atoms. The van der Waals surface area contributed by atoms with Crippen LogP contribution in [0.15, 0.2) is 34.9 Å². The highest BCUT2D eigenvalue weighted by Gasteiger charge is 2.08. The van der Waals surface area contributed by atoms with E-state index in [1.165, 1.54) is 0 Å². The summed E-state index contributed by atoms with van der Waals surface area (Å²) in [6, 6.07) is 7.33. The summed E-state index contributed by atoms with van der Waals surface area (Å²) >= 11 is 0. The molecule has 0 spiro atoms. The Balaban J connectivity index is 1.93. The lowest BCUT2D eigenvalue weighted by Gasteiger charge is -2.07. The van der Waals surface area contributed by atoms with E-state index in [0.29, 0.717) is 19.0 Å². The zero-order valence-corrected chi connectivity index (χ0v) is 13.9. The van der Waals surface area contributed by atoms with E-state index in [2.05, 4.69) is 22.5 Å². The Kier molecular flexibility index (Phi) is 6.17. The van der Waals surface area contributed by atoms with Crippen molar-refractivity contribution in [2.45, 2.75) is 26.3 Å². The van der Waals surface area contributed by atoms with Gasteiger partial charge in [0.15, 0.2) is 5.76 Å². The zero-order valence-electron chi connectivity index (χ0n) is 13.9. The van der Waals surface area contributed by atoms with Gasteiger partial charge in [-0.2, -0.15) is 0 Å². The van der Waals surface area contributed by atoms with E-state index in [-0.39, 0.29) is 6.03 Å². The Morgan fingerprint density at radius 3 is 2.65 bits per heavy atom. The third kappa shape index (κ3) is 5.41. The van der Waals surface area contributed by atoms with E-state index in [9.17, 15) is 4.79 Å². The number of benzene rings is 1. The number of carbonyl (C=O) groups excluding carboxylic acids is 1. The van der Waals surface area contributed by atoms with Gasteiger partial charge < -0.3 is 20.0 Å². The molecule has 6 heteroatoms. The quantitative estimate of drug-likeness (QED) is 0.769. The first-order valence-electron chi connectivity index (χ1n) is 7.83. The molecule has 124 valence electrons. The van der Waals surface area contributed by atoms with Gasteiger partial charge in [0.2, 0.25) is 5.89 Å². The van der Waals surface area contributed by atoms with Crippen LogP contribution in [0.4, 0.5) is 10.5 Å². The van der Waals surface area contributed by atoms with Crippen LogP contribution in [0.3, 0.4) is 0 Å². The number of hydrogen-bond acceptors (Lipinski definition) is 4. The van der Waals surface area contributed by atoms with E-state index < -0.39 is 0 Å².